The zero-order chi connectivity index (χ0) is 17.3. The summed E-state index contributed by atoms with van der Waals surface area (Å²) in [5.41, 5.74) is 7.55. The molecule has 6 nitrogen and oxygen atoms in total. The van der Waals surface area contributed by atoms with Crippen LogP contribution < -0.4 is 10.6 Å². The van der Waals surface area contributed by atoms with Crippen molar-refractivity contribution in [3.63, 3.8) is 0 Å². The largest absolute Gasteiger partial charge is 0.456 e. The smallest absolute Gasteiger partial charge is 0.361 e. The molecular formula is C19H22N4O2. The van der Waals surface area contributed by atoms with Crippen molar-refractivity contribution in [1.82, 2.24) is 9.97 Å². The predicted molar refractivity (Wildman–Crippen MR) is 95.1 cm³/mol. The molecule has 2 aromatic rings. The number of aromatic nitrogens is 2. The number of carbonyl (C=O) groups is 1. The number of esters is 1. The van der Waals surface area contributed by atoms with Crippen LogP contribution in [-0.2, 0) is 11.3 Å². The average Bonchev–Trinajstić information content (AvgIpc) is 3.40. The number of nitrogens with zero attached hydrogens (tertiary/aromatic N) is 3. The zero-order valence-corrected chi connectivity index (χ0v) is 14.1. The highest BCUT2D eigenvalue weighted by Gasteiger charge is 2.45. The minimum absolute atomic E-state index is 0.217. The highest BCUT2D eigenvalue weighted by molar-refractivity contribution is 5.92. The molecular weight excluding hydrogens is 316 g/mol. The topological polar surface area (TPSA) is 81.3 Å². The van der Waals surface area contributed by atoms with Gasteiger partial charge in [-0.3, -0.25) is 0 Å². The van der Waals surface area contributed by atoms with Crippen molar-refractivity contribution in [3.8, 4) is 0 Å². The molecule has 0 amide bonds. The van der Waals surface area contributed by atoms with Crippen LogP contribution in [0.15, 0.2) is 36.5 Å². The number of anilines is 2. The molecule has 1 aromatic heterocycles. The van der Waals surface area contributed by atoms with Crippen molar-refractivity contribution in [2.45, 2.75) is 32.3 Å². The summed E-state index contributed by atoms with van der Waals surface area (Å²) >= 11 is 0. The normalized spacial score (nSPS) is 18.2. The fraction of sp³-hybridized carbons (Fsp3) is 0.421. The van der Waals surface area contributed by atoms with Crippen LogP contribution in [-0.4, -0.2) is 29.0 Å². The number of piperidine rings is 1. The van der Waals surface area contributed by atoms with Gasteiger partial charge in [-0.25, -0.2) is 14.8 Å². The summed E-state index contributed by atoms with van der Waals surface area (Å²) in [5, 5.41) is 0. The van der Waals surface area contributed by atoms with Crippen molar-refractivity contribution in [2.75, 3.05) is 23.7 Å². The van der Waals surface area contributed by atoms with Gasteiger partial charge in [0.05, 0.1) is 6.20 Å². The number of hydrogen-bond donors (Lipinski definition) is 1. The van der Waals surface area contributed by atoms with Crippen LogP contribution >= 0.6 is 0 Å². The first-order chi connectivity index (χ1) is 12.2. The molecule has 0 atom stereocenters. The third-order valence-electron chi connectivity index (χ3n) is 5.26. The molecule has 2 heterocycles. The van der Waals surface area contributed by atoms with E-state index in [0.717, 1.165) is 31.5 Å². The van der Waals surface area contributed by atoms with Gasteiger partial charge < -0.3 is 15.4 Å². The van der Waals surface area contributed by atoms with E-state index in [1.54, 1.807) is 0 Å². The van der Waals surface area contributed by atoms with Gasteiger partial charge in [0.2, 0.25) is 0 Å². The van der Waals surface area contributed by atoms with Gasteiger partial charge in [0.1, 0.15) is 12.4 Å². The molecule has 2 aliphatic rings. The van der Waals surface area contributed by atoms with Crippen molar-refractivity contribution in [1.29, 1.82) is 0 Å². The van der Waals surface area contributed by atoms with Gasteiger partial charge in [-0.1, -0.05) is 30.3 Å². The molecule has 1 aliphatic carbocycles. The first-order valence-corrected chi connectivity index (χ1v) is 8.74. The summed E-state index contributed by atoms with van der Waals surface area (Å²) < 4.78 is 5.43. The van der Waals surface area contributed by atoms with E-state index in [1.807, 2.05) is 30.3 Å². The summed E-state index contributed by atoms with van der Waals surface area (Å²) in [6, 6.07) is 9.60. The van der Waals surface area contributed by atoms with Crippen molar-refractivity contribution in [3.05, 3.63) is 47.8 Å². The second-order valence-electron chi connectivity index (χ2n) is 7.02. The number of rotatable bonds is 4. The van der Waals surface area contributed by atoms with Crippen LogP contribution in [0, 0.1) is 5.41 Å². The highest BCUT2D eigenvalue weighted by atomic mass is 16.5. The van der Waals surface area contributed by atoms with Crippen LogP contribution in [0.5, 0.6) is 0 Å². The van der Waals surface area contributed by atoms with Crippen LogP contribution in [0.1, 0.15) is 41.7 Å². The Labute approximate surface area is 147 Å². The maximum atomic E-state index is 12.5. The molecule has 1 saturated carbocycles. The summed E-state index contributed by atoms with van der Waals surface area (Å²) in [6.07, 6.45) is 6.35. The monoisotopic (exact) mass is 338 g/mol. The SMILES string of the molecule is Nc1cnc(C(=O)OCc2ccccc2)c(N2CCC3(CC2)CC3)n1. The fourth-order valence-corrected chi connectivity index (χ4v) is 3.42. The number of carbonyl (C=O) groups excluding carboxylic acids is 1. The Morgan fingerprint density at radius 3 is 2.56 bits per heavy atom. The molecule has 6 heteroatoms. The lowest BCUT2D eigenvalue weighted by Crippen LogP contribution is -2.36. The Morgan fingerprint density at radius 2 is 1.88 bits per heavy atom. The molecule has 0 unspecified atom stereocenters. The number of hydrogen-bond acceptors (Lipinski definition) is 6. The highest BCUT2D eigenvalue weighted by Crippen LogP contribution is 2.53. The quantitative estimate of drug-likeness (QED) is 0.863. The Hall–Kier alpha value is -2.63. The molecule has 2 N–H and O–H groups in total. The predicted octanol–water partition coefficient (Wildman–Crippen LogP) is 2.80. The minimum atomic E-state index is -0.460. The second-order valence-corrected chi connectivity index (χ2v) is 7.02. The van der Waals surface area contributed by atoms with E-state index in [-0.39, 0.29) is 12.3 Å². The van der Waals surface area contributed by atoms with Crippen LogP contribution in [0.4, 0.5) is 11.6 Å². The van der Waals surface area contributed by atoms with Gasteiger partial charge in [0.25, 0.3) is 0 Å². The molecule has 0 bridgehead atoms. The Kier molecular flexibility index (Phi) is 4.03. The molecule has 1 spiro atoms. The Bertz CT molecular complexity index is 764. The Morgan fingerprint density at radius 1 is 1.16 bits per heavy atom. The summed E-state index contributed by atoms with van der Waals surface area (Å²) in [5.74, 6) is 0.410. The standard InChI is InChI=1S/C19H22N4O2/c20-15-12-21-16(18(24)25-13-14-4-2-1-3-5-14)17(22-15)23-10-8-19(6-7-19)9-11-23/h1-5,12H,6-11,13H2,(H2,20,22). The number of ether oxygens (including phenoxy) is 1. The van der Waals surface area contributed by atoms with Gasteiger partial charge in [-0.05, 0) is 36.7 Å². The van der Waals surface area contributed by atoms with Gasteiger partial charge in [-0.2, -0.15) is 0 Å². The third-order valence-corrected chi connectivity index (χ3v) is 5.26. The van der Waals surface area contributed by atoms with Crippen LogP contribution in [0.25, 0.3) is 0 Å². The van der Waals surface area contributed by atoms with Crippen molar-refractivity contribution in [2.24, 2.45) is 5.41 Å². The summed E-state index contributed by atoms with van der Waals surface area (Å²) in [7, 11) is 0. The molecule has 4 rings (SSSR count). The third kappa shape index (κ3) is 3.43. The van der Waals surface area contributed by atoms with Crippen LogP contribution in [0.3, 0.4) is 0 Å². The molecule has 2 fully saturated rings. The molecule has 1 aromatic carbocycles. The summed E-state index contributed by atoms with van der Waals surface area (Å²) in [4.78, 5) is 23.3. The maximum absolute atomic E-state index is 12.5. The fourth-order valence-electron chi connectivity index (χ4n) is 3.42. The van der Waals surface area contributed by atoms with E-state index in [0.29, 0.717) is 17.1 Å². The molecule has 130 valence electrons. The van der Waals surface area contributed by atoms with Crippen LogP contribution in [0.2, 0.25) is 0 Å². The Balaban J connectivity index is 1.49. The first-order valence-electron chi connectivity index (χ1n) is 8.74. The van der Waals surface area contributed by atoms with Crippen molar-refractivity contribution < 1.29 is 9.53 Å². The number of nitrogens with two attached hydrogens (primary N) is 1. The van der Waals surface area contributed by atoms with Gasteiger partial charge in [0, 0.05) is 13.1 Å². The van der Waals surface area contributed by atoms with Gasteiger partial charge in [0.15, 0.2) is 11.5 Å². The van der Waals surface area contributed by atoms with E-state index < -0.39 is 5.97 Å². The molecule has 25 heavy (non-hydrogen) atoms. The maximum Gasteiger partial charge on any atom is 0.361 e. The first kappa shape index (κ1) is 15.9. The molecule has 1 saturated heterocycles. The van der Waals surface area contributed by atoms with E-state index in [1.165, 1.54) is 19.0 Å². The molecule has 1 aliphatic heterocycles. The lowest BCUT2D eigenvalue weighted by Gasteiger charge is -2.33. The lowest BCUT2D eigenvalue weighted by molar-refractivity contribution is 0.0466. The minimum Gasteiger partial charge on any atom is -0.456 e. The lowest BCUT2D eigenvalue weighted by atomic mass is 9.94. The van der Waals surface area contributed by atoms with E-state index in [2.05, 4.69) is 14.9 Å². The van der Waals surface area contributed by atoms with E-state index >= 15 is 0 Å². The number of nitrogen functional groups attached to an aromatic ring is 1. The van der Waals surface area contributed by atoms with E-state index in [9.17, 15) is 4.79 Å². The molecule has 0 radical (unpaired) electrons. The van der Waals surface area contributed by atoms with Gasteiger partial charge in [-0.15, -0.1) is 0 Å². The van der Waals surface area contributed by atoms with E-state index in [4.69, 9.17) is 10.5 Å². The van der Waals surface area contributed by atoms with Gasteiger partial charge >= 0.3 is 5.97 Å². The number of benzene rings is 1. The van der Waals surface area contributed by atoms with Crippen molar-refractivity contribution >= 4 is 17.6 Å². The summed E-state index contributed by atoms with van der Waals surface area (Å²) in [6.45, 7) is 1.99. The zero-order valence-electron chi connectivity index (χ0n) is 14.1. The average molecular weight is 338 g/mol. The second kappa shape index (κ2) is 6.35.